The van der Waals surface area contributed by atoms with Crippen LogP contribution in [0.15, 0.2) is 41.3 Å². The van der Waals surface area contributed by atoms with Gasteiger partial charge in [-0.05, 0) is 55.4 Å². The van der Waals surface area contributed by atoms with Gasteiger partial charge in [0.1, 0.15) is 17.1 Å². The van der Waals surface area contributed by atoms with E-state index in [1.165, 1.54) is 12.7 Å². The van der Waals surface area contributed by atoms with Crippen LogP contribution in [0.1, 0.15) is 56.7 Å². The normalized spacial score (nSPS) is 14.7. The van der Waals surface area contributed by atoms with E-state index in [4.69, 9.17) is 9.72 Å². The Kier molecular flexibility index (Phi) is 5.08. The van der Waals surface area contributed by atoms with Gasteiger partial charge in [0.15, 0.2) is 5.56 Å². The highest BCUT2D eigenvalue weighted by atomic mass is 16.5. The molecule has 1 aliphatic rings. The highest BCUT2D eigenvalue weighted by molar-refractivity contribution is 5.94. The minimum absolute atomic E-state index is 0.143. The summed E-state index contributed by atoms with van der Waals surface area (Å²) < 4.78 is 8.53. The molecule has 5 rings (SSSR count). The minimum Gasteiger partial charge on any atom is -0.506 e. The van der Waals surface area contributed by atoms with Gasteiger partial charge < -0.3 is 18.8 Å². The first-order valence-corrected chi connectivity index (χ1v) is 11.3. The lowest BCUT2D eigenvalue weighted by molar-refractivity contribution is 0.0594. The summed E-state index contributed by atoms with van der Waals surface area (Å²) in [7, 11) is 1.21. The van der Waals surface area contributed by atoms with Crippen LogP contribution in [0.4, 0.5) is 0 Å². The van der Waals surface area contributed by atoms with E-state index < -0.39 is 11.5 Å². The standard InChI is InChI=1S/C27H27N3O4/c1-14-11-19-22(28-25-17(4)16(3)15(2)12-29(19)25)23-20(14)24(31)21(27(33)34-5)26(32)30(23)13-18-9-7-6-8-10-18/h6-10,12,14,31H,11,13H2,1-5H3. The van der Waals surface area contributed by atoms with Crippen molar-refractivity contribution in [3.8, 4) is 17.1 Å². The molecular weight excluding hydrogens is 430 g/mol. The molecule has 0 fully saturated rings. The summed E-state index contributed by atoms with van der Waals surface area (Å²) >= 11 is 0. The summed E-state index contributed by atoms with van der Waals surface area (Å²) in [6, 6.07) is 9.58. The van der Waals surface area contributed by atoms with E-state index in [0.29, 0.717) is 23.4 Å². The molecule has 0 saturated carbocycles. The number of esters is 1. The Morgan fingerprint density at radius 1 is 1.18 bits per heavy atom. The molecule has 0 bridgehead atoms. The van der Waals surface area contributed by atoms with Crippen molar-refractivity contribution in [2.75, 3.05) is 7.11 Å². The van der Waals surface area contributed by atoms with Crippen LogP contribution in [0, 0.1) is 20.8 Å². The Morgan fingerprint density at radius 2 is 1.88 bits per heavy atom. The molecule has 1 atom stereocenters. The van der Waals surface area contributed by atoms with Gasteiger partial charge in [0.05, 0.1) is 25.0 Å². The number of carbonyl (C=O) groups is 1. The van der Waals surface area contributed by atoms with Crippen molar-refractivity contribution in [3.63, 3.8) is 0 Å². The summed E-state index contributed by atoms with van der Waals surface area (Å²) in [6.45, 7) is 8.44. The third-order valence-corrected chi connectivity index (χ3v) is 7.09. The molecule has 1 N–H and O–H groups in total. The Morgan fingerprint density at radius 3 is 2.56 bits per heavy atom. The number of methoxy groups -OCH3 is 1. The van der Waals surface area contributed by atoms with Crippen LogP contribution >= 0.6 is 0 Å². The summed E-state index contributed by atoms with van der Waals surface area (Å²) in [4.78, 5) is 31.2. The van der Waals surface area contributed by atoms with E-state index in [9.17, 15) is 14.7 Å². The molecule has 1 unspecified atom stereocenters. The highest BCUT2D eigenvalue weighted by Gasteiger charge is 2.36. The number of benzene rings is 1. The first kappa shape index (κ1) is 21.9. The Balaban J connectivity index is 1.90. The van der Waals surface area contributed by atoms with Crippen molar-refractivity contribution in [2.45, 2.75) is 46.6 Å². The maximum absolute atomic E-state index is 13.6. The van der Waals surface area contributed by atoms with E-state index in [1.54, 1.807) is 4.57 Å². The number of ether oxygens (including phenoxy) is 1. The number of hydrogen-bond donors (Lipinski definition) is 1. The number of aromatic nitrogens is 3. The summed E-state index contributed by atoms with van der Waals surface area (Å²) in [5, 5.41) is 11.2. The molecular formula is C27H27N3O4. The van der Waals surface area contributed by atoms with E-state index in [0.717, 1.165) is 28.0 Å². The number of rotatable bonds is 3. The van der Waals surface area contributed by atoms with Crippen LogP contribution in [0.5, 0.6) is 5.75 Å². The van der Waals surface area contributed by atoms with Gasteiger partial charge in [0.2, 0.25) is 0 Å². The van der Waals surface area contributed by atoms with Crippen molar-refractivity contribution in [1.29, 1.82) is 0 Å². The second kappa shape index (κ2) is 7.87. The zero-order valence-corrected chi connectivity index (χ0v) is 20.0. The maximum atomic E-state index is 13.6. The molecule has 1 aromatic carbocycles. The SMILES string of the molecule is COC(=O)c1c(O)c2c(n(Cc3ccccc3)c1=O)-c1nc3c(C)c(C)c(C)cn3c1CC2C. The number of pyridine rings is 2. The van der Waals surface area contributed by atoms with Crippen LogP contribution in [0.25, 0.3) is 17.0 Å². The molecule has 0 radical (unpaired) electrons. The lowest BCUT2D eigenvalue weighted by atomic mass is 9.85. The van der Waals surface area contributed by atoms with Gasteiger partial charge in [0, 0.05) is 11.8 Å². The number of aryl methyl sites for hydroxylation is 2. The van der Waals surface area contributed by atoms with Crippen molar-refractivity contribution in [1.82, 2.24) is 14.0 Å². The third kappa shape index (κ3) is 3.07. The first-order chi connectivity index (χ1) is 16.2. The van der Waals surface area contributed by atoms with Crippen molar-refractivity contribution >= 4 is 11.6 Å². The van der Waals surface area contributed by atoms with Crippen molar-refractivity contribution < 1.29 is 14.6 Å². The second-order valence-electron chi connectivity index (χ2n) is 9.12. The smallest absolute Gasteiger partial charge is 0.347 e. The molecule has 7 nitrogen and oxygen atoms in total. The maximum Gasteiger partial charge on any atom is 0.347 e. The third-order valence-electron chi connectivity index (χ3n) is 7.09. The van der Waals surface area contributed by atoms with Crippen molar-refractivity contribution in [3.05, 3.63) is 86.0 Å². The number of nitrogens with zero attached hydrogens (tertiary/aromatic N) is 3. The quantitative estimate of drug-likeness (QED) is 0.464. The monoisotopic (exact) mass is 457 g/mol. The molecule has 3 aromatic heterocycles. The van der Waals surface area contributed by atoms with Gasteiger partial charge in [-0.25, -0.2) is 9.78 Å². The van der Waals surface area contributed by atoms with Crippen LogP contribution in [-0.4, -0.2) is 32.1 Å². The average Bonchev–Trinajstić information content (AvgIpc) is 3.18. The molecule has 34 heavy (non-hydrogen) atoms. The number of hydrogen-bond acceptors (Lipinski definition) is 5. The van der Waals surface area contributed by atoms with Gasteiger partial charge in [0.25, 0.3) is 5.56 Å². The van der Waals surface area contributed by atoms with E-state index in [1.807, 2.05) is 37.3 Å². The molecule has 174 valence electrons. The minimum atomic E-state index is -0.845. The lowest BCUT2D eigenvalue weighted by Crippen LogP contribution is -2.32. The van der Waals surface area contributed by atoms with E-state index in [2.05, 4.69) is 31.4 Å². The molecule has 0 saturated heterocycles. The molecule has 4 aromatic rings. The van der Waals surface area contributed by atoms with Gasteiger partial charge in [-0.2, -0.15) is 0 Å². The first-order valence-electron chi connectivity index (χ1n) is 11.3. The zero-order chi connectivity index (χ0) is 24.3. The number of fused-ring (bicyclic) bond motifs is 5. The van der Waals surface area contributed by atoms with Gasteiger partial charge >= 0.3 is 5.97 Å². The lowest BCUT2D eigenvalue weighted by Gasteiger charge is -2.27. The Hall–Kier alpha value is -3.87. The average molecular weight is 458 g/mol. The molecule has 1 aliphatic carbocycles. The number of imidazole rings is 1. The van der Waals surface area contributed by atoms with Crippen LogP contribution < -0.4 is 5.56 Å². The fourth-order valence-corrected chi connectivity index (χ4v) is 5.06. The molecule has 0 aliphatic heterocycles. The highest BCUT2D eigenvalue weighted by Crippen LogP contribution is 2.44. The number of aromatic hydroxyl groups is 1. The molecule has 7 heteroatoms. The van der Waals surface area contributed by atoms with Gasteiger partial charge in [-0.1, -0.05) is 37.3 Å². The fourth-order valence-electron chi connectivity index (χ4n) is 5.06. The van der Waals surface area contributed by atoms with Gasteiger partial charge in [-0.3, -0.25) is 4.79 Å². The topological polar surface area (TPSA) is 85.8 Å². The molecule has 0 spiro atoms. The van der Waals surface area contributed by atoms with Crippen molar-refractivity contribution in [2.24, 2.45) is 0 Å². The fraction of sp³-hybridized carbons (Fsp3) is 0.296. The van der Waals surface area contributed by atoms with Gasteiger partial charge in [-0.15, -0.1) is 0 Å². The summed E-state index contributed by atoms with van der Waals surface area (Å²) in [6.07, 6.45) is 2.70. The largest absolute Gasteiger partial charge is 0.506 e. The summed E-state index contributed by atoms with van der Waals surface area (Å²) in [5.74, 6) is -1.30. The number of carbonyl (C=O) groups excluding carboxylic acids is 1. The molecule has 0 amide bonds. The zero-order valence-electron chi connectivity index (χ0n) is 20.0. The Labute approximate surface area is 197 Å². The van der Waals surface area contributed by atoms with Crippen LogP contribution in [-0.2, 0) is 17.7 Å². The van der Waals surface area contributed by atoms with Crippen LogP contribution in [0.3, 0.4) is 0 Å². The van der Waals surface area contributed by atoms with E-state index in [-0.39, 0.29) is 23.8 Å². The van der Waals surface area contributed by atoms with Crippen LogP contribution in [0.2, 0.25) is 0 Å². The predicted molar refractivity (Wildman–Crippen MR) is 130 cm³/mol. The predicted octanol–water partition coefficient (Wildman–Crippen LogP) is 4.29. The van der Waals surface area contributed by atoms with E-state index >= 15 is 0 Å². The second-order valence-corrected chi connectivity index (χ2v) is 9.12. The summed E-state index contributed by atoms with van der Waals surface area (Å²) in [5.41, 5.74) is 7.01. The Bertz CT molecular complexity index is 1530. The molecule has 3 heterocycles.